The third-order valence-corrected chi connectivity index (χ3v) is 11.1. The van der Waals surface area contributed by atoms with Gasteiger partial charge in [0.2, 0.25) is 0 Å². The fraction of sp³-hybridized carbons (Fsp3) is 0.588. The zero-order valence-electron chi connectivity index (χ0n) is 25.5. The quantitative estimate of drug-likeness (QED) is 0.345. The molecule has 4 aliphatic carbocycles. The van der Waals surface area contributed by atoms with Gasteiger partial charge in [0.1, 0.15) is 22.9 Å². The molecule has 0 radical (unpaired) electrons. The highest BCUT2D eigenvalue weighted by atomic mass is 16.3. The number of phenolic OH excluding ortho intramolecular Hbond substituents is 1. The van der Waals surface area contributed by atoms with Crippen LogP contribution in [0.3, 0.4) is 0 Å². The molecule has 1 aromatic carbocycles. The molecule has 6 rings (SSSR count). The van der Waals surface area contributed by atoms with Crippen molar-refractivity contribution in [2.75, 3.05) is 27.2 Å². The largest absolute Gasteiger partial charge is 0.511 e. The second-order valence-corrected chi connectivity index (χ2v) is 13.5. The first kappa shape index (κ1) is 29.9. The lowest BCUT2D eigenvalue weighted by atomic mass is 9.56. The van der Waals surface area contributed by atoms with Gasteiger partial charge in [-0.15, -0.1) is 0 Å². The topological polar surface area (TPSA) is 148 Å². The molecule has 0 saturated heterocycles. The van der Waals surface area contributed by atoms with Crippen molar-refractivity contribution in [2.24, 2.45) is 23.5 Å². The second kappa shape index (κ2) is 11.1. The maximum Gasteiger partial charge on any atom is 0.251 e. The minimum atomic E-state index is -1.95. The smallest absolute Gasteiger partial charge is 0.251 e. The summed E-state index contributed by atoms with van der Waals surface area (Å²) in [5.74, 6) is -3.96. The Hall–Kier alpha value is -3.14. The number of aliphatic hydroxyl groups excluding tert-OH is 2. The molecule has 1 aromatic rings. The first-order valence-corrected chi connectivity index (χ1v) is 15.9. The Labute approximate surface area is 253 Å². The molecule has 1 fully saturated rings. The molecule has 232 valence electrons. The van der Waals surface area contributed by atoms with Gasteiger partial charge in [0, 0.05) is 24.7 Å². The molecule has 5 atom stereocenters. The van der Waals surface area contributed by atoms with E-state index in [9.17, 15) is 30.0 Å². The minimum absolute atomic E-state index is 0.00482. The van der Waals surface area contributed by atoms with Crippen molar-refractivity contribution in [1.82, 2.24) is 9.80 Å². The number of hydrogen-bond donors (Lipinski definition) is 5. The average molecular weight is 592 g/mol. The number of amides is 1. The first-order chi connectivity index (χ1) is 20.5. The van der Waals surface area contributed by atoms with Gasteiger partial charge in [-0.25, -0.2) is 0 Å². The monoisotopic (exact) mass is 591 g/mol. The summed E-state index contributed by atoms with van der Waals surface area (Å²) in [7, 11) is 3.54. The third-order valence-electron chi connectivity index (χ3n) is 11.1. The molecular weight excluding hydrogens is 546 g/mol. The van der Waals surface area contributed by atoms with E-state index in [0.29, 0.717) is 18.9 Å². The summed E-state index contributed by atoms with van der Waals surface area (Å²) < 4.78 is 0. The maximum atomic E-state index is 14.2. The molecule has 1 heterocycles. The molecule has 5 aliphatic rings. The highest BCUT2D eigenvalue weighted by molar-refractivity contribution is 6.14. The van der Waals surface area contributed by atoms with Crippen LogP contribution >= 0.6 is 0 Å². The van der Waals surface area contributed by atoms with Crippen molar-refractivity contribution in [1.29, 1.82) is 0 Å². The van der Waals surface area contributed by atoms with E-state index >= 15 is 0 Å². The Balaban J connectivity index is 1.41. The van der Waals surface area contributed by atoms with Crippen molar-refractivity contribution >= 4 is 17.3 Å². The normalized spacial score (nSPS) is 31.9. The number of carbonyl (C=O) groups is 2. The van der Waals surface area contributed by atoms with Crippen molar-refractivity contribution in [3.05, 3.63) is 57.6 Å². The summed E-state index contributed by atoms with van der Waals surface area (Å²) in [4.78, 5) is 31.1. The Morgan fingerprint density at radius 2 is 1.84 bits per heavy atom. The van der Waals surface area contributed by atoms with Gasteiger partial charge in [0.15, 0.2) is 5.78 Å². The number of allylic oxidation sites excluding steroid dienone is 1. The van der Waals surface area contributed by atoms with Crippen LogP contribution < -0.4 is 5.73 Å². The number of rotatable bonds is 5. The molecule has 1 saturated carbocycles. The van der Waals surface area contributed by atoms with Crippen LogP contribution in [0, 0.1) is 17.8 Å². The number of Topliss-reactive ketones (excluding diaryl/α,β-unsaturated/α-hetero) is 1. The summed E-state index contributed by atoms with van der Waals surface area (Å²) in [6.07, 6.45) is 10.4. The lowest BCUT2D eigenvalue weighted by molar-refractivity contribution is -0.122. The Kier molecular flexibility index (Phi) is 7.72. The Bertz CT molecular complexity index is 1440. The molecule has 6 N–H and O–H groups in total. The van der Waals surface area contributed by atoms with Crippen LogP contribution in [-0.2, 0) is 11.2 Å². The molecular formula is C34H45N3O6. The summed E-state index contributed by atoms with van der Waals surface area (Å²) in [5, 5.41) is 46.0. The molecule has 43 heavy (non-hydrogen) atoms. The van der Waals surface area contributed by atoms with Crippen molar-refractivity contribution in [2.45, 2.75) is 82.4 Å². The van der Waals surface area contributed by atoms with E-state index in [1.807, 2.05) is 6.07 Å². The van der Waals surface area contributed by atoms with E-state index in [0.717, 1.165) is 30.6 Å². The fourth-order valence-corrected chi connectivity index (χ4v) is 9.12. The van der Waals surface area contributed by atoms with Crippen LogP contribution in [0.2, 0.25) is 0 Å². The molecule has 1 aliphatic heterocycles. The average Bonchev–Trinajstić information content (AvgIpc) is 2.97. The van der Waals surface area contributed by atoms with Gasteiger partial charge >= 0.3 is 0 Å². The minimum Gasteiger partial charge on any atom is -0.511 e. The van der Waals surface area contributed by atoms with Crippen molar-refractivity contribution < 1.29 is 30.0 Å². The molecule has 9 nitrogen and oxygen atoms in total. The Morgan fingerprint density at radius 1 is 1.12 bits per heavy atom. The van der Waals surface area contributed by atoms with E-state index < -0.39 is 35.2 Å². The van der Waals surface area contributed by atoms with E-state index in [1.54, 1.807) is 32.0 Å². The number of aliphatic hydroxyl groups is 3. The molecule has 1 amide bonds. The van der Waals surface area contributed by atoms with Gasteiger partial charge < -0.3 is 26.2 Å². The van der Waals surface area contributed by atoms with Crippen LogP contribution in [0.1, 0.15) is 79.8 Å². The summed E-state index contributed by atoms with van der Waals surface area (Å²) in [6.45, 7) is 3.50. The molecule has 0 aromatic heterocycles. The number of ketones is 1. The number of benzene rings is 1. The van der Waals surface area contributed by atoms with Gasteiger partial charge in [-0.3, -0.25) is 19.4 Å². The van der Waals surface area contributed by atoms with Crippen molar-refractivity contribution in [3.63, 3.8) is 0 Å². The predicted octanol–water partition coefficient (Wildman–Crippen LogP) is 4.00. The number of fused-ring (bicyclic) bond motifs is 3. The van der Waals surface area contributed by atoms with Crippen LogP contribution in [-0.4, -0.2) is 86.8 Å². The number of aromatic hydroxyl groups is 1. The summed E-state index contributed by atoms with van der Waals surface area (Å²) in [5.41, 5.74) is 6.74. The van der Waals surface area contributed by atoms with Crippen LogP contribution in [0.15, 0.2) is 40.9 Å². The van der Waals surface area contributed by atoms with Gasteiger partial charge in [-0.2, -0.15) is 0 Å². The number of primary amides is 1. The maximum absolute atomic E-state index is 14.2. The lowest BCUT2D eigenvalue weighted by Crippen LogP contribution is -2.60. The number of phenols is 1. The zero-order chi connectivity index (χ0) is 30.8. The number of hydrogen-bond acceptors (Lipinski definition) is 8. The SMILES string of the molecule is CCC1(O)C(C(N)=O)=C(O)[C@@H](N(C)C)C2CC3Cc4c(C5=CCN(C6CCCCC6)CC5)ccc(O)c4C(=O)C3=C(O)C21. The van der Waals surface area contributed by atoms with Gasteiger partial charge in [0.05, 0.1) is 23.1 Å². The van der Waals surface area contributed by atoms with Crippen LogP contribution in [0.25, 0.3) is 5.57 Å². The molecule has 0 bridgehead atoms. The van der Waals surface area contributed by atoms with E-state index in [1.165, 1.54) is 37.7 Å². The Morgan fingerprint density at radius 3 is 2.44 bits per heavy atom. The molecule has 4 unspecified atom stereocenters. The van der Waals surface area contributed by atoms with Crippen LogP contribution in [0.4, 0.5) is 0 Å². The summed E-state index contributed by atoms with van der Waals surface area (Å²) >= 11 is 0. The third kappa shape index (κ3) is 4.62. The lowest BCUT2D eigenvalue weighted by Gasteiger charge is -2.53. The summed E-state index contributed by atoms with van der Waals surface area (Å²) in [6, 6.07) is 3.43. The zero-order valence-corrected chi connectivity index (χ0v) is 25.5. The molecule has 9 heteroatoms. The standard InChI is InChI=1S/C34H45N3O6/c1-4-34(43)27-23(29(36(2)3)32(41)28(34)33(35)42)17-19-16-22-21(10-11-24(38)26(22)30(39)25(19)31(27)40)18-12-14-37(15-13-18)20-8-6-5-7-9-20/h10-12,19-20,23,27,29,38,40-41,43H,4-9,13-17H2,1-3H3,(H2,35,42)/t19?,23?,27?,29-,34?/m0/s1. The van der Waals surface area contributed by atoms with Crippen molar-refractivity contribution in [3.8, 4) is 5.75 Å². The van der Waals surface area contributed by atoms with Gasteiger partial charge in [-0.1, -0.05) is 38.3 Å². The number of likely N-dealkylation sites (N-methyl/N-ethyl adjacent to an activating group) is 1. The van der Waals surface area contributed by atoms with E-state index in [4.69, 9.17) is 5.73 Å². The van der Waals surface area contributed by atoms with E-state index in [2.05, 4.69) is 11.0 Å². The van der Waals surface area contributed by atoms with Gasteiger partial charge in [0.25, 0.3) is 5.91 Å². The fourth-order valence-electron chi connectivity index (χ4n) is 9.12. The highest BCUT2D eigenvalue weighted by Crippen LogP contribution is 2.56. The van der Waals surface area contributed by atoms with Gasteiger partial charge in [-0.05, 0) is 87.2 Å². The number of carbonyl (C=O) groups excluding carboxylic acids is 2. The highest BCUT2D eigenvalue weighted by Gasteiger charge is 2.60. The second-order valence-electron chi connectivity index (χ2n) is 13.5. The van der Waals surface area contributed by atoms with Crippen LogP contribution in [0.5, 0.6) is 5.75 Å². The predicted molar refractivity (Wildman–Crippen MR) is 163 cm³/mol. The number of nitrogens with two attached hydrogens (primary N) is 1. The molecule has 0 spiro atoms. The van der Waals surface area contributed by atoms with E-state index in [-0.39, 0.29) is 46.3 Å². The number of nitrogens with zero attached hydrogens (tertiary/aromatic N) is 2. The first-order valence-electron chi connectivity index (χ1n) is 15.9.